The maximum atomic E-state index is 12.3. The number of alkyl halides is 1. The fourth-order valence-electron chi connectivity index (χ4n) is 2.45. The van der Waals surface area contributed by atoms with Gasteiger partial charge in [-0.15, -0.1) is 11.6 Å². The Kier molecular flexibility index (Phi) is 3.42. The van der Waals surface area contributed by atoms with Crippen molar-refractivity contribution in [1.29, 1.82) is 0 Å². The van der Waals surface area contributed by atoms with Crippen LogP contribution in [-0.4, -0.2) is 21.5 Å². The first-order valence-corrected chi connectivity index (χ1v) is 7.47. The second-order valence-corrected chi connectivity index (χ2v) is 5.75. The summed E-state index contributed by atoms with van der Waals surface area (Å²) in [6, 6.07) is 6.13. The maximum Gasteiger partial charge on any atom is 0.243 e. The van der Waals surface area contributed by atoms with E-state index in [0.29, 0.717) is 11.9 Å². The van der Waals surface area contributed by atoms with Crippen LogP contribution in [0, 0.1) is 6.92 Å². The third kappa shape index (κ3) is 2.40. The van der Waals surface area contributed by atoms with Gasteiger partial charge in [-0.3, -0.25) is 4.79 Å². The molecule has 1 aromatic heterocycles. The quantitative estimate of drug-likeness (QED) is 0.881. The highest BCUT2D eigenvalue weighted by molar-refractivity contribution is 6.17. The Hall–Kier alpha value is -1.55. The average Bonchev–Trinajstić information content (AvgIpc) is 3.16. The number of carbonyl (C=O) groups excluding carboxylic acids is 1. The molecule has 0 saturated heterocycles. The van der Waals surface area contributed by atoms with Crippen LogP contribution in [0.1, 0.15) is 37.2 Å². The maximum absolute atomic E-state index is 12.3. The number of hydrogen-bond acceptors (Lipinski definition) is 2. The van der Waals surface area contributed by atoms with Gasteiger partial charge in [-0.05, 0) is 44.4 Å². The Morgan fingerprint density at radius 1 is 1.55 bits per heavy atom. The normalized spacial score (nSPS) is 16.4. The molecule has 0 radical (unpaired) electrons. The monoisotopic (exact) mass is 291 g/mol. The number of carbonyl (C=O) groups is 1. The standard InChI is InChI=1S/C15H18ClN3O/c1-9-3-6-13-12(7-9)18-14(8-16)19(13)10(2)15(20)17-11-4-5-11/h3,6-7,10-11H,4-5,8H2,1-2H3,(H,17,20). The van der Waals surface area contributed by atoms with E-state index in [2.05, 4.69) is 10.3 Å². The molecule has 20 heavy (non-hydrogen) atoms. The van der Waals surface area contributed by atoms with Crippen LogP contribution in [-0.2, 0) is 10.7 Å². The topological polar surface area (TPSA) is 46.9 Å². The Balaban J connectivity index is 2.01. The van der Waals surface area contributed by atoms with Gasteiger partial charge in [0.2, 0.25) is 5.91 Å². The minimum absolute atomic E-state index is 0.0405. The van der Waals surface area contributed by atoms with E-state index in [1.54, 1.807) is 0 Å². The highest BCUT2D eigenvalue weighted by Crippen LogP contribution is 2.25. The van der Waals surface area contributed by atoms with Gasteiger partial charge < -0.3 is 9.88 Å². The van der Waals surface area contributed by atoms with E-state index in [-0.39, 0.29) is 11.9 Å². The Morgan fingerprint density at radius 3 is 2.95 bits per heavy atom. The molecular formula is C15H18ClN3O. The number of hydrogen-bond donors (Lipinski definition) is 1. The van der Waals surface area contributed by atoms with Crippen LogP contribution in [0.15, 0.2) is 18.2 Å². The SMILES string of the molecule is Cc1ccc2c(c1)nc(CCl)n2C(C)C(=O)NC1CC1. The van der Waals surface area contributed by atoms with Crippen molar-refractivity contribution >= 4 is 28.5 Å². The first-order valence-electron chi connectivity index (χ1n) is 6.94. The van der Waals surface area contributed by atoms with E-state index in [0.717, 1.165) is 35.3 Å². The molecule has 1 N–H and O–H groups in total. The molecular weight excluding hydrogens is 274 g/mol. The highest BCUT2D eigenvalue weighted by Gasteiger charge is 2.27. The fraction of sp³-hybridized carbons (Fsp3) is 0.467. The number of benzene rings is 1. The Morgan fingerprint density at radius 2 is 2.30 bits per heavy atom. The number of imidazole rings is 1. The van der Waals surface area contributed by atoms with E-state index in [4.69, 9.17) is 11.6 Å². The van der Waals surface area contributed by atoms with E-state index in [9.17, 15) is 4.79 Å². The molecule has 1 atom stereocenters. The molecule has 1 saturated carbocycles. The predicted octanol–water partition coefficient (Wildman–Crippen LogP) is 2.92. The molecule has 3 rings (SSSR count). The first-order chi connectivity index (χ1) is 9.60. The minimum atomic E-state index is -0.294. The van der Waals surface area contributed by atoms with Crippen LogP contribution in [0.2, 0.25) is 0 Å². The first kappa shape index (κ1) is 13.4. The molecule has 0 spiro atoms. The molecule has 1 unspecified atom stereocenters. The van der Waals surface area contributed by atoms with E-state index < -0.39 is 0 Å². The van der Waals surface area contributed by atoms with Crippen LogP contribution in [0.5, 0.6) is 0 Å². The van der Waals surface area contributed by atoms with Crippen LogP contribution < -0.4 is 5.32 Å². The molecule has 1 heterocycles. The number of aryl methyl sites for hydroxylation is 1. The second-order valence-electron chi connectivity index (χ2n) is 5.48. The van der Waals surface area contributed by atoms with Gasteiger partial charge in [0.15, 0.2) is 0 Å². The van der Waals surface area contributed by atoms with Crippen molar-refractivity contribution in [3.8, 4) is 0 Å². The van der Waals surface area contributed by atoms with Gasteiger partial charge in [0, 0.05) is 6.04 Å². The van der Waals surface area contributed by atoms with E-state index in [1.165, 1.54) is 0 Å². The fourth-order valence-corrected chi connectivity index (χ4v) is 2.64. The van der Waals surface area contributed by atoms with Crippen molar-refractivity contribution in [2.24, 2.45) is 0 Å². The average molecular weight is 292 g/mol. The molecule has 1 amide bonds. The van der Waals surface area contributed by atoms with Gasteiger partial charge in [-0.1, -0.05) is 6.07 Å². The molecule has 1 aliphatic rings. The number of halogens is 1. The van der Waals surface area contributed by atoms with E-state index in [1.807, 2.05) is 36.6 Å². The van der Waals surface area contributed by atoms with Gasteiger partial charge >= 0.3 is 0 Å². The van der Waals surface area contributed by atoms with Crippen molar-refractivity contribution < 1.29 is 4.79 Å². The van der Waals surface area contributed by atoms with Gasteiger partial charge in [0.25, 0.3) is 0 Å². The minimum Gasteiger partial charge on any atom is -0.352 e. The molecule has 2 aromatic rings. The van der Waals surface area contributed by atoms with Crippen molar-refractivity contribution in [1.82, 2.24) is 14.9 Å². The number of nitrogens with one attached hydrogen (secondary N) is 1. The van der Waals surface area contributed by atoms with Crippen LogP contribution in [0.25, 0.3) is 11.0 Å². The zero-order valence-corrected chi connectivity index (χ0v) is 12.4. The van der Waals surface area contributed by atoms with Crippen molar-refractivity contribution in [2.45, 2.75) is 44.7 Å². The summed E-state index contributed by atoms with van der Waals surface area (Å²) in [4.78, 5) is 16.8. The van der Waals surface area contributed by atoms with Gasteiger partial charge in [-0.2, -0.15) is 0 Å². The lowest BCUT2D eigenvalue weighted by atomic mass is 10.2. The van der Waals surface area contributed by atoms with Gasteiger partial charge in [0.05, 0.1) is 16.9 Å². The lowest BCUT2D eigenvalue weighted by molar-refractivity contribution is -0.123. The number of amides is 1. The zero-order chi connectivity index (χ0) is 14.3. The lowest BCUT2D eigenvalue weighted by Crippen LogP contribution is -2.33. The third-order valence-corrected chi connectivity index (χ3v) is 3.97. The lowest BCUT2D eigenvalue weighted by Gasteiger charge is -2.16. The molecule has 5 heteroatoms. The number of rotatable bonds is 4. The smallest absolute Gasteiger partial charge is 0.243 e. The van der Waals surface area contributed by atoms with E-state index >= 15 is 0 Å². The Labute approximate surface area is 123 Å². The summed E-state index contributed by atoms with van der Waals surface area (Å²) < 4.78 is 1.94. The Bertz CT molecular complexity index is 660. The number of nitrogens with zero attached hydrogens (tertiary/aromatic N) is 2. The molecule has 4 nitrogen and oxygen atoms in total. The van der Waals surface area contributed by atoms with Crippen LogP contribution in [0.3, 0.4) is 0 Å². The molecule has 1 fully saturated rings. The van der Waals surface area contributed by atoms with Gasteiger partial charge in [-0.25, -0.2) is 4.98 Å². The summed E-state index contributed by atoms with van der Waals surface area (Å²) in [5, 5.41) is 3.04. The number of fused-ring (bicyclic) bond motifs is 1. The molecule has 0 bridgehead atoms. The predicted molar refractivity (Wildman–Crippen MR) is 79.9 cm³/mol. The third-order valence-electron chi connectivity index (χ3n) is 3.73. The zero-order valence-electron chi connectivity index (χ0n) is 11.7. The summed E-state index contributed by atoms with van der Waals surface area (Å²) in [6.07, 6.45) is 2.18. The van der Waals surface area contributed by atoms with Crippen LogP contribution in [0.4, 0.5) is 0 Å². The summed E-state index contributed by atoms with van der Waals surface area (Å²) in [7, 11) is 0. The summed E-state index contributed by atoms with van der Waals surface area (Å²) in [5.74, 6) is 1.08. The van der Waals surface area contributed by atoms with Crippen molar-refractivity contribution in [3.63, 3.8) is 0 Å². The summed E-state index contributed by atoms with van der Waals surface area (Å²) in [6.45, 7) is 3.93. The molecule has 1 aliphatic carbocycles. The summed E-state index contributed by atoms with van der Waals surface area (Å²) in [5.41, 5.74) is 3.01. The largest absolute Gasteiger partial charge is 0.352 e. The van der Waals surface area contributed by atoms with Crippen molar-refractivity contribution in [3.05, 3.63) is 29.6 Å². The van der Waals surface area contributed by atoms with Crippen LogP contribution >= 0.6 is 11.6 Å². The highest BCUT2D eigenvalue weighted by atomic mass is 35.5. The molecule has 0 aliphatic heterocycles. The van der Waals surface area contributed by atoms with Gasteiger partial charge in [0.1, 0.15) is 11.9 Å². The number of aromatic nitrogens is 2. The van der Waals surface area contributed by atoms with Crippen molar-refractivity contribution in [2.75, 3.05) is 0 Å². The molecule has 106 valence electrons. The second kappa shape index (κ2) is 5.09. The summed E-state index contributed by atoms with van der Waals surface area (Å²) >= 11 is 6.00. The molecule has 1 aromatic carbocycles.